The molecule has 154 valence electrons. The van der Waals surface area contributed by atoms with Crippen molar-refractivity contribution < 1.29 is 4.79 Å². The van der Waals surface area contributed by atoms with E-state index in [1.54, 1.807) is 4.52 Å². The number of hydrogen-bond donors (Lipinski definition) is 1. The van der Waals surface area contributed by atoms with Gasteiger partial charge in [-0.2, -0.15) is 4.52 Å². The highest BCUT2D eigenvalue weighted by Gasteiger charge is 2.23. The van der Waals surface area contributed by atoms with Gasteiger partial charge in [0.05, 0.1) is 5.52 Å². The van der Waals surface area contributed by atoms with Crippen molar-refractivity contribution in [3.63, 3.8) is 0 Å². The molecular formula is C23H21N7O. The van der Waals surface area contributed by atoms with Crippen molar-refractivity contribution in [1.82, 2.24) is 34.5 Å². The average Bonchev–Trinajstić information content (AvgIpc) is 3.33. The van der Waals surface area contributed by atoms with E-state index in [2.05, 4.69) is 15.5 Å². The van der Waals surface area contributed by atoms with Gasteiger partial charge >= 0.3 is 0 Å². The van der Waals surface area contributed by atoms with Crippen LogP contribution < -0.4 is 5.32 Å². The number of amides is 1. The van der Waals surface area contributed by atoms with Crippen LogP contribution in [-0.2, 0) is 11.2 Å². The zero-order chi connectivity index (χ0) is 20.8. The standard InChI is InChI=1S/C23H21N7O/c31-20(24-16-13-14-16)12-6-11-19-26-27-23-29(19)18-10-5-4-9-17(18)22-25-21(28-30(22)23)15-7-2-1-3-8-15/h1-5,7-10,16H,6,11-14H2,(H,24,31). The molecule has 2 aromatic carbocycles. The molecule has 1 fully saturated rings. The molecule has 1 amide bonds. The lowest BCUT2D eigenvalue weighted by molar-refractivity contribution is -0.121. The summed E-state index contributed by atoms with van der Waals surface area (Å²) in [6.07, 6.45) is 4.08. The summed E-state index contributed by atoms with van der Waals surface area (Å²) in [4.78, 5) is 16.8. The first-order chi connectivity index (χ1) is 15.3. The quantitative estimate of drug-likeness (QED) is 0.463. The fraction of sp³-hybridized carbons (Fsp3) is 0.261. The Morgan fingerprint density at radius 2 is 1.84 bits per heavy atom. The molecular weight excluding hydrogens is 390 g/mol. The van der Waals surface area contributed by atoms with Gasteiger partial charge in [-0.25, -0.2) is 4.98 Å². The SMILES string of the molecule is O=C(CCCc1nnc2n3nc(-c4ccccc4)nc3c3ccccc3n12)NC1CC1. The zero-order valence-corrected chi connectivity index (χ0v) is 16.9. The van der Waals surface area contributed by atoms with Crippen molar-refractivity contribution >= 4 is 28.2 Å². The smallest absolute Gasteiger partial charge is 0.258 e. The van der Waals surface area contributed by atoms with Gasteiger partial charge in [-0.05, 0) is 31.4 Å². The van der Waals surface area contributed by atoms with Crippen molar-refractivity contribution in [1.29, 1.82) is 0 Å². The normalized spacial score (nSPS) is 13.9. The van der Waals surface area contributed by atoms with Crippen LogP contribution in [0, 0.1) is 0 Å². The summed E-state index contributed by atoms with van der Waals surface area (Å²) in [6, 6.07) is 18.4. The lowest BCUT2D eigenvalue weighted by atomic mass is 10.2. The molecule has 1 aliphatic carbocycles. The second kappa shape index (κ2) is 7.16. The van der Waals surface area contributed by atoms with Gasteiger partial charge in [0.15, 0.2) is 11.5 Å². The lowest BCUT2D eigenvalue weighted by Crippen LogP contribution is -2.25. The van der Waals surface area contributed by atoms with E-state index in [1.807, 2.05) is 59.0 Å². The van der Waals surface area contributed by atoms with Crippen molar-refractivity contribution in [2.75, 3.05) is 0 Å². The molecule has 1 N–H and O–H groups in total. The van der Waals surface area contributed by atoms with Crippen LogP contribution in [0.4, 0.5) is 0 Å². The number of nitrogens with one attached hydrogen (secondary N) is 1. The number of para-hydroxylation sites is 1. The summed E-state index contributed by atoms with van der Waals surface area (Å²) in [5, 5.41) is 17.6. The first-order valence-electron chi connectivity index (χ1n) is 10.6. The van der Waals surface area contributed by atoms with Gasteiger partial charge < -0.3 is 5.32 Å². The Hall–Kier alpha value is -3.81. The summed E-state index contributed by atoms with van der Waals surface area (Å²) in [5.74, 6) is 2.22. The second-order valence-corrected chi connectivity index (χ2v) is 8.00. The van der Waals surface area contributed by atoms with Gasteiger partial charge in [-0.3, -0.25) is 9.20 Å². The first-order valence-corrected chi connectivity index (χ1v) is 10.6. The first kappa shape index (κ1) is 18.0. The molecule has 3 aromatic heterocycles. The van der Waals surface area contributed by atoms with Crippen molar-refractivity contribution in [3.05, 3.63) is 60.4 Å². The lowest BCUT2D eigenvalue weighted by Gasteiger charge is -2.06. The van der Waals surface area contributed by atoms with Crippen LogP contribution in [0.25, 0.3) is 33.7 Å². The number of aromatic nitrogens is 6. The number of carbonyl (C=O) groups excluding carboxylic acids is 1. The number of carbonyl (C=O) groups is 1. The van der Waals surface area contributed by atoms with E-state index in [0.29, 0.717) is 30.5 Å². The van der Waals surface area contributed by atoms with Gasteiger partial charge in [-0.15, -0.1) is 15.3 Å². The van der Waals surface area contributed by atoms with Crippen LogP contribution in [-0.4, -0.2) is 41.1 Å². The highest BCUT2D eigenvalue weighted by atomic mass is 16.1. The van der Waals surface area contributed by atoms with E-state index in [0.717, 1.165) is 47.2 Å². The number of nitrogens with zero attached hydrogens (tertiary/aromatic N) is 6. The second-order valence-electron chi connectivity index (χ2n) is 8.00. The third kappa shape index (κ3) is 3.20. The third-order valence-electron chi connectivity index (χ3n) is 5.67. The minimum Gasteiger partial charge on any atom is -0.353 e. The highest BCUT2D eigenvalue weighted by Crippen LogP contribution is 2.25. The van der Waals surface area contributed by atoms with Crippen LogP contribution in [0.3, 0.4) is 0 Å². The maximum absolute atomic E-state index is 12.0. The summed E-state index contributed by atoms with van der Waals surface area (Å²) in [6.45, 7) is 0. The molecule has 1 saturated carbocycles. The molecule has 0 saturated heterocycles. The maximum atomic E-state index is 12.0. The average molecular weight is 411 g/mol. The molecule has 1 aliphatic rings. The summed E-state index contributed by atoms with van der Waals surface area (Å²) < 4.78 is 3.80. The Balaban J connectivity index is 1.42. The van der Waals surface area contributed by atoms with E-state index in [-0.39, 0.29) is 5.91 Å². The fourth-order valence-corrected chi connectivity index (χ4v) is 3.98. The topological polar surface area (TPSA) is 89.5 Å². The Labute approximate surface area is 177 Å². The monoisotopic (exact) mass is 411 g/mol. The van der Waals surface area contributed by atoms with E-state index < -0.39 is 0 Å². The van der Waals surface area contributed by atoms with Gasteiger partial charge in [0, 0.05) is 29.8 Å². The molecule has 6 rings (SSSR count). The molecule has 8 nitrogen and oxygen atoms in total. The molecule has 31 heavy (non-hydrogen) atoms. The van der Waals surface area contributed by atoms with Crippen LogP contribution >= 0.6 is 0 Å². The maximum Gasteiger partial charge on any atom is 0.258 e. The highest BCUT2D eigenvalue weighted by molar-refractivity contribution is 5.94. The van der Waals surface area contributed by atoms with Gasteiger partial charge in [0.2, 0.25) is 5.91 Å². The van der Waals surface area contributed by atoms with Crippen LogP contribution in [0.15, 0.2) is 54.6 Å². The molecule has 3 heterocycles. The summed E-state index contributed by atoms with van der Waals surface area (Å²) >= 11 is 0. The molecule has 0 bridgehead atoms. The molecule has 0 atom stereocenters. The molecule has 8 heteroatoms. The van der Waals surface area contributed by atoms with E-state index in [9.17, 15) is 4.79 Å². The third-order valence-corrected chi connectivity index (χ3v) is 5.67. The number of benzene rings is 2. The summed E-state index contributed by atoms with van der Waals surface area (Å²) in [7, 11) is 0. The molecule has 0 radical (unpaired) electrons. The minimum absolute atomic E-state index is 0.118. The van der Waals surface area contributed by atoms with Crippen LogP contribution in [0.1, 0.15) is 31.5 Å². The number of hydrogen-bond acceptors (Lipinski definition) is 5. The van der Waals surface area contributed by atoms with E-state index >= 15 is 0 Å². The number of aryl methyl sites for hydroxylation is 1. The van der Waals surface area contributed by atoms with Crippen molar-refractivity contribution in [3.8, 4) is 11.4 Å². The minimum atomic E-state index is 0.118. The number of rotatable bonds is 6. The Morgan fingerprint density at radius 1 is 1.03 bits per heavy atom. The van der Waals surface area contributed by atoms with Crippen LogP contribution in [0.5, 0.6) is 0 Å². The molecule has 0 spiro atoms. The van der Waals surface area contributed by atoms with Crippen molar-refractivity contribution in [2.24, 2.45) is 0 Å². The van der Waals surface area contributed by atoms with Gasteiger partial charge in [0.25, 0.3) is 5.78 Å². The Morgan fingerprint density at radius 3 is 2.68 bits per heavy atom. The predicted octanol–water partition coefficient (Wildman–Crippen LogP) is 3.19. The Bertz CT molecular complexity index is 1420. The van der Waals surface area contributed by atoms with Crippen molar-refractivity contribution in [2.45, 2.75) is 38.1 Å². The van der Waals surface area contributed by atoms with Gasteiger partial charge in [-0.1, -0.05) is 42.5 Å². The molecule has 0 unspecified atom stereocenters. The van der Waals surface area contributed by atoms with Crippen LogP contribution in [0.2, 0.25) is 0 Å². The summed E-state index contributed by atoms with van der Waals surface area (Å²) in [5.41, 5.74) is 2.69. The molecule has 5 aromatic rings. The van der Waals surface area contributed by atoms with Gasteiger partial charge in [0.1, 0.15) is 5.82 Å². The largest absolute Gasteiger partial charge is 0.353 e. The predicted molar refractivity (Wildman–Crippen MR) is 117 cm³/mol. The number of fused-ring (bicyclic) bond motifs is 6. The van der Waals surface area contributed by atoms with E-state index in [4.69, 9.17) is 10.1 Å². The Kier molecular flexibility index (Phi) is 4.15. The zero-order valence-electron chi connectivity index (χ0n) is 16.9. The van der Waals surface area contributed by atoms with E-state index in [1.165, 1.54) is 0 Å². The fourth-order valence-electron chi connectivity index (χ4n) is 3.98. The molecule has 0 aliphatic heterocycles.